The lowest BCUT2D eigenvalue weighted by molar-refractivity contribution is -0.0310. The van der Waals surface area contributed by atoms with Crippen molar-refractivity contribution in [1.82, 2.24) is 4.90 Å². The van der Waals surface area contributed by atoms with E-state index in [-0.39, 0.29) is 11.6 Å². The first kappa shape index (κ1) is 14.5. The normalized spacial score (nSPS) is 20.5. The lowest BCUT2D eigenvalue weighted by atomic mass is 9.75. The van der Waals surface area contributed by atoms with Gasteiger partial charge in [0, 0.05) is 12.0 Å². The Morgan fingerprint density at radius 3 is 2.47 bits per heavy atom. The lowest BCUT2D eigenvalue weighted by Gasteiger charge is -2.46. The molecule has 1 aromatic rings. The zero-order valence-electron chi connectivity index (χ0n) is 12.5. The molecule has 0 heterocycles. The number of hydrogen-bond donors (Lipinski definition) is 1. The second kappa shape index (κ2) is 6.06. The quantitative estimate of drug-likeness (QED) is 0.900. The van der Waals surface area contributed by atoms with Gasteiger partial charge in [-0.3, -0.25) is 0 Å². The number of benzene rings is 1. The van der Waals surface area contributed by atoms with E-state index in [2.05, 4.69) is 50.2 Å². The Labute approximate surface area is 117 Å². The molecule has 1 fully saturated rings. The molecule has 0 aromatic heterocycles. The maximum Gasteiger partial charge on any atom is 0.0763 e. The number of hydrogen-bond acceptors (Lipinski definition) is 2. The Kier molecular flexibility index (Phi) is 4.64. The van der Waals surface area contributed by atoms with E-state index < -0.39 is 0 Å². The minimum Gasteiger partial charge on any atom is -0.391 e. The SMILES string of the molecule is Cc1cccc(CC(O)C2(N(C)C)CCCCC2)c1. The second-order valence-corrected chi connectivity index (χ2v) is 6.27. The summed E-state index contributed by atoms with van der Waals surface area (Å²) in [4.78, 5) is 2.26. The molecule has 19 heavy (non-hydrogen) atoms. The van der Waals surface area contributed by atoms with Crippen LogP contribution in [0.5, 0.6) is 0 Å². The van der Waals surface area contributed by atoms with Crippen molar-refractivity contribution >= 4 is 0 Å². The monoisotopic (exact) mass is 261 g/mol. The Hall–Kier alpha value is -0.860. The van der Waals surface area contributed by atoms with Gasteiger partial charge in [0.1, 0.15) is 0 Å². The number of likely N-dealkylation sites (N-methyl/N-ethyl adjacent to an activating group) is 1. The average molecular weight is 261 g/mol. The van der Waals surface area contributed by atoms with Gasteiger partial charge in [-0.2, -0.15) is 0 Å². The average Bonchev–Trinajstić information content (AvgIpc) is 2.39. The Morgan fingerprint density at radius 1 is 1.21 bits per heavy atom. The van der Waals surface area contributed by atoms with E-state index in [0.29, 0.717) is 0 Å². The summed E-state index contributed by atoms with van der Waals surface area (Å²) in [5.74, 6) is 0. The molecule has 1 saturated carbocycles. The van der Waals surface area contributed by atoms with Crippen LogP contribution in [0.2, 0.25) is 0 Å². The van der Waals surface area contributed by atoms with E-state index in [1.54, 1.807) is 0 Å². The molecule has 1 aliphatic carbocycles. The van der Waals surface area contributed by atoms with Crippen LogP contribution in [0.4, 0.5) is 0 Å². The minimum atomic E-state index is -0.274. The van der Waals surface area contributed by atoms with E-state index in [9.17, 15) is 5.11 Å². The molecule has 2 nitrogen and oxygen atoms in total. The van der Waals surface area contributed by atoms with Gasteiger partial charge in [0.15, 0.2) is 0 Å². The van der Waals surface area contributed by atoms with Gasteiger partial charge >= 0.3 is 0 Å². The molecule has 1 N–H and O–H groups in total. The van der Waals surface area contributed by atoms with E-state index in [1.165, 1.54) is 30.4 Å². The molecule has 0 spiro atoms. The predicted molar refractivity (Wildman–Crippen MR) is 80.4 cm³/mol. The largest absolute Gasteiger partial charge is 0.391 e. The first-order chi connectivity index (χ1) is 9.04. The molecule has 0 bridgehead atoms. The van der Waals surface area contributed by atoms with Crippen molar-refractivity contribution in [2.24, 2.45) is 0 Å². The molecular weight excluding hydrogens is 234 g/mol. The zero-order valence-corrected chi connectivity index (χ0v) is 12.5. The maximum absolute atomic E-state index is 10.8. The number of rotatable bonds is 4. The van der Waals surface area contributed by atoms with Crippen LogP contribution in [0.3, 0.4) is 0 Å². The molecule has 0 saturated heterocycles. The van der Waals surface area contributed by atoms with Gasteiger partial charge in [-0.05, 0) is 39.4 Å². The number of aliphatic hydroxyl groups is 1. The standard InChI is InChI=1S/C17H27NO/c1-14-8-7-9-15(12-14)13-16(19)17(18(2)3)10-5-4-6-11-17/h7-9,12,16,19H,4-6,10-11,13H2,1-3H3. The highest BCUT2D eigenvalue weighted by molar-refractivity contribution is 5.23. The highest BCUT2D eigenvalue weighted by atomic mass is 16.3. The van der Waals surface area contributed by atoms with Gasteiger partial charge in [0.05, 0.1) is 6.10 Å². The first-order valence-corrected chi connectivity index (χ1v) is 7.46. The number of aryl methyl sites for hydroxylation is 1. The van der Waals surface area contributed by atoms with Crippen molar-refractivity contribution < 1.29 is 5.11 Å². The van der Waals surface area contributed by atoms with Crippen molar-refractivity contribution in [3.05, 3.63) is 35.4 Å². The zero-order chi connectivity index (χ0) is 13.9. The van der Waals surface area contributed by atoms with Crippen LogP contribution in [0.1, 0.15) is 43.2 Å². The summed E-state index contributed by atoms with van der Waals surface area (Å²) in [5, 5.41) is 10.8. The van der Waals surface area contributed by atoms with Crippen molar-refractivity contribution in [2.45, 2.75) is 57.1 Å². The third-order valence-electron chi connectivity index (χ3n) is 4.74. The number of aliphatic hydroxyl groups excluding tert-OH is 1. The van der Waals surface area contributed by atoms with Crippen LogP contribution in [0.15, 0.2) is 24.3 Å². The Bertz CT molecular complexity index is 407. The van der Waals surface area contributed by atoms with E-state index in [1.807, 2.05) is 0 Å². The third kappa shape index (κ3) is 3.18. The Morgan fingerprint density at radius 2 is 1.89 bits per heavy atom. The van der Waals surface area contributed by atoms with Crippen LogP contribution in [-0.4, -0.2) is 35.7 Å². The van der Waals surface area contributed by atoms with Crippen LogP contribution in [0.25, 0.3) is 0 Å². The highest BCUT2D eigenvalue weighted by Crippen LogP contribution is 2.36. The fraction of sp³-hybridized carbons (Fsp3) is 0.647. The summed E-state index contributed by atoms with van der Waals surface area (Å²) < 4.78 is 0. The third-order valence-corrected chi connectivity index (χ3v) is 4.74. The van der Waals surface area contributed by atoms with Crippen LogP contribution in [-0.2, 0) is 6.42 Å². The topological polar surface area (TPSA) is 23.5 Å². The van der Waals surface area contributed by atoms with Crippen molar-refractivity contribution in [3.63, 3.8) is 0 Å². The number of nitrogens with zero attached hydrogens (tertiary/aromatic N) is 1. The molecule has 106 valence electrons. The van der Waals surface area contributed by atoms with Gasteiger partial charge in [-0.25, -0.2) is 0 Å². The summed E-state index contributed by atoms with van der Waals surface area (Å²) in [6.07, 6.45) is 6.52. The molecule has 0 amide bonds. The smallest absolute Gasteiger partial charge is 0.0763 e. The van der Waals surface area contributed by atoms with Crippen molar-refractivity contribution in [2.75, 3.05) is 14.1 Å². The van der Waals surface area contributed by atoms with Gasteiger partial charge in [-0.15, -0.1) is 0 Å². The summed E-state index contributed by atoms with van der Waals surface area (Å²) in [6.45, 7) is 2.11. The molecule has 0 aliphatic heterocycles. The van der Waals surface area contributed by atoms with Crippen LogP contribution < -0.4 is 0 Å². The summed E-state index contributed by atoms with van der Waals surface area (Å²) >= 11 is 0. The molecule has 0 radical (unpaired) electrons. The van der Waals surface area contributed by atoms with Crippen LogP contribution in [0, 0.1) is 6.92 Å². The molecular formula is C17H27NO. The van der Waals surface area contributed by atoms with Crippen molar-refractivity contribution in [3.8, 4) is 0 Å². The molecule has 1 atom stereocenters. The molecule has 1 aromatic carbocycles. The summed E-state index contributed by atoms with van der Waals surface area (Å²) in [6, 6.07) is 8.51. The van der Waals surface area contributed by atoms with Crippen LogP contribution >= 0.6 is 0 Å². The van der Waals surface area contributed by atoms with E-state index in [0.717, 1.165) is 19.3 Å². The lowest BCUT2D eigenvalue weighted by Crippen LogP contribution is -2.55. The van der Waals surface area contributed by atoms with Gasteiger partial charge in [0.25, 0.3) is 0 Å². The molecule has 2 heteroatoms. The molecule has 1 unspecified atom stereocenters. The second-order valence-electron chi connectivity index (χ2n) is 6.27. The van der Waals surface area contributed by atoms with Gasteiger partial charge in [-0.1, -0.05) is 49.1 Å². The first-order valence-electron chi connectivity index (χ1n) is 7.46. The fourth-order valence-electron chi connectivity index (χ4n) is 3.49. The van der Waals surface area contributed by atoms with Gasteiger partial charge < -0.3 is 10.0 Å². The predicted octanol–water partition coefficient (Wildman–Crippen LogP) is 3.16. The van der Waals surface area contributed by atoms with E-state index >= 15 is 0 Å². The summed E-state index contributed by atoms with van der Waals surface area (Å²) in [5.41, 5.74) is 2.49. The minimum absolute atomic E-state index is 0.0258. The highest BCUT2D eigenvalue weighted by Gasteiger charge is 2.40. The maximum atomic E-state index is 10.8. The van der Waals surface area contributed by atoms with Gasteiger partial charge in [0.2, 0.25) is 0 Å². The fourth-order valence-corrected chi connectivity index (χ4v) is 3.49. The molecule has 1 aliphatic rings. The summed E-state index contributed by atoms with van der Waals surface area (Å²) in [7, 11) is 4.23. The Balaban J connectivity index is 2.13. The molecule has 2 rings (SSSR count). The van der Waals surface area contributed by atoms with Crippen molar-refractivity contribution in [1.29, 1.82) is 0 Å². The van der Waals surface area contributed by atoms with E-state index in [4.69, 9.17) is 0 Å².